The summed E-state index contributed by atoms with van der Waals surface area (Å²) in [6.45, 7) is 4.66. The Bertz CT molecular complexity index is 871. The van der Waals surface area contributed by atoms with Crippen molar-refractivity contribution in [2.45, 2.75) is 26.8 Å². The third kappa shape index (κ3) is 4.48. The predicted molar refractivity (Wildman–Crippen MR) is 106 cm³/mol. The van der Waals surface area contributed by atoms with E-state index < -0.39 is 0 Å². The zero-order chi connectivity index (χ0) is 18.4. The van der Waals surface area contributed by atoms with Gasteiger partial charge in [-0.05, 0) is 42.7 Å². The summed E-state index contributed by atoms with van der Waals surface area (Å²) in [5.41, 5.74) is 5.85. The smallest absolute Gasteiger partial charge is 0.270 e. The largest absolute Gasteiger partial charge is 0.354 e. The van der Waals surface area contributed by atoms with Crippen LogP contribution in [0.3, 0.4) is 0 Å². The van der Waals surface area contributed by atoms with E-state index in [1.165, 1.54) is 11.1 Å². The minimum atomic E-state index is -0.175. The number of aromatic nitrogens is 1. The van der Waals surface area contributed by atoms with Crippen LogP contribution in [0.1, 0.15) is 34.1 Å². The van der Waals surface area contributed by atoms with Crippen molar-refractivity contribution in [2.75, 3.05) is 5.32 Å². The van der Waals surface area contributed by atoms with E-state index in [0.29, 0.717) is 12.2 Å². The third-order valence-corrected chi connectivity index (χ3v) is 4.25. The van der Waals surface area contributed by atoms with Gasteiger partial charge in [0, 0.05) is 12.2 Å². The first-order valence-electron chi connectivity index (χ1n) is 8.80. The Balaban J connectivity index is 1.61. The maximum Gasteiger partial charge on any atom is 0.270 e. The first-order chi connectivity index (χ1) is 12.7. The quantitative estimate of drug-likeness (QED) is 0.685. The average Bonchev–Trinajstić information content (AvgIpc) is 2.68. The van der Waals surface area contributed by atoms with Crippen LogP contribution in [0, 0.1) is 6.92 Å². The average molecular weight is 345 g/mol. The van der Waals surface area contributed by atoms with E-state index in [1.54, 1.807) is 12.3 Å². The van der Waals surface area contributed by atoms with Crippen molar-refractivity contribution in [3.05, 3.63) is 89.2 Å². The van der Waals surface area contributed by atoms with Gasteiger partial charge in [0.25, 0.3) is 5.91 Å². The fourth-order valence-corrected chi connectivity index (χ4v) is 2.69. The fraction of sp³-hybridized carbons (Fsp3) is 0.182. The van der Waals surface area contributed by atoms with Crippen molar-refractivity contribution >= 4 is 17.3 Å². The SMILES string of the molecule is CCc1ccccc1Nc1ccc(C(=O)NCc2ccc(C)cc2)nc1. The Hall–Kier alpha value is -3.14. The lowest BCUT2D eigenvalue weighted by Gasteiger charge is -2.11. The van der Waals surface area contributed by atoms with Crippen LogP contribution in [-0.2, 0) is 13.0 Å². The predicted octanol–water partition coefficient (Wildman–Crippen LogP) is 4.63. The van der Waals surface area contributed by atoms with Crippen LogP contribution < -0.4 is 10.6 Å². The molecule has 0 bridgehead atoms. The summed E-state index contributed by atoms with van der Waals surface area (Å²) in [5, 5.41) is 6.26. The topological polar surface area (TPSA) is 54.0 Å². The Kier molecular flexibility index (Phi) is 5.64. The van der Waals surface area contributed by atoms with E-state index in [2.05, 4.69) is 28.6 Å². The molecule has 3 aromatic rings. The first kappa shape index (κ1) is 17.7. The van der Waals surface area contributed by atoms with Crippen molar-refractivity contribution in [3.8, 4) is 0 Å². The second kappa shape index (κ2) is 8.30. The van der Waals surface area contributed by atoms with Gasteiger partial charge in [-0.3, -0.25) is 4.79 Å². The van der Waals surface area contributed by atoms with Crippen LogP contribution in [0.25, 0.3) is 0 Å². The van der Waals surface area contributed by atoms with E-state index in [1.807, 2.05) is 55.5 Å². The molecule has 1 amide bonds. The molecule has 2 N–H and O–H groups in total. The highest BCUT2D eigenvalue weighted by molar-refractivity contribution is 5.92. The summed E-state index contributed by atoms with van der Waals surface area (Å²) < 4.78 is 0. The third-order valence-electron chi connectivity index (χ3n) is 4.25. The molecule has 4 heteroatoms. The molecule has 0 saturated heterocycles. The number of carbonyl (C=O) groups excluding carboxylic acids is 1. The molecular formula is C22H23N3O. The minimum Gasteiger partial charge on any atom is -0.354 e. The van der Waals surface area contributed by atoms with E-state index in [4.69, 9.17) is 0 Å². The van der Waals surface area contributed by atoms with Crippen molar-refractivity contribution in [1.29, 1.82) is 0 Å². The fourth-order valence-electron chi connectivity index (χ4n) is 2.69. The van der Waals surface area contributed by atoms with Crippen molar-refractivity contribution in [2.24, 2.45) is 0 Å². The molecule has 132 valence electrons. The highest BCUT2D eigenvalue weighted by Crippen LogP contribution is 2.20. The Morgan fingerprint density at radius 3 is 2.46 bits per heavy atom. The Labute approximate surface area is 154 Å². The summed E-state index contributed by atoms with van der Waals surface area (Å²) in [6, 6.07) is 19.9. The lowest BCUT2D eigenvalue weighted by atomic mass is 10.1. The zero-order valence-electron chi connectivity index (χ0n) is 15.1. The molecule has 4 nitrogen and oxygen atoms in total. The summed E-state index contributed by atoms with van der Waals surface area (Å²) in [5.74, 6) is -0.175. The Morgan fingerprint density at radius 2 is 1.77 bits per heavy atom. The van der Waals surface area contributed by atoms with Crippen molar-refractivity contribution < 1.29 is 4.79 Å². The monoisotopic (exact) mass is 345 g/mol. The normalized spacial score (nSPS) is 10.4. The molecule has 1 heterocycles. The number of benzene rings is 2. The molecule has 0 fully saturated rings. The number of para-hydroxylation sites is 1. The summed E-state index contributed by atoms with van der Waals surface area (Å²) in [7, 11) is 0. The molecule has 0 unspecified atom stereocenters. The summed E-state index contributed by atoms with van der Waals surface area (Å²) in [6.07, 6.45) is 2.64. The molecule has 0 spiro atoms. The summed E-state index contributed by atoms with van der Waals surface area (Å²) in [4.78, 5) is 16.5. The van der Waals surface area contributed by atoms with Gasteiger partial charge in [0.2, 0.25) is 0 Å². The van der Waals surface area contributed by atoms with Crippen molar-refractivity contribution in [3.63, 3.8) is 0 Å². The molecule has 0 saturated carbocycles. The number of amides is 1. The minimum absolute atomic E-state index is 0.175. The van der Waals surface area contributed by atoms with Gasteiger partial charge in [0.15, 0.2) is 0 Å². The van der Waals surface area contributed by atoms with Crippen molar-refractivity contribution in [1.82, 2.24) is 10.3 Å². The molecular weight excluding hydrogens is 322 g/mol. The van der Waals surface area contributed by atoms with E-state index in [9.17, 15) is 4.79 Å². The number of hydrogen-bond acceptors (Lipinski definition) is 3. The Morgan fingerprint density at radius 1 is 1.00 bits per heavy atom. The van der Waals surface area contributed by atoms with Crippen LogP contribution in [0.5, 0.6) is 0 Å². The maximum atomic E-state index is 12.3. The second-order valence-corrected chi connectivity index (χ2v) is 6.24. The van der Waals surface area contributed by atoms with Gasteiger partial charge in [-0.15, -0.1) is 0 Å². The van der Waals surface area contributed by atoms with Gasteiger partial charge in [-0.25, -0.2) is 4.98 Å². The van der Waals surface area contributed by atoms with E-state index in [-0.39, 0.29) is 5.91 Å². The molecule has 3 rings (SSSR count). The molecule has 0 aliphatic heterocycles. The van der Waals surface area contributed by atoms with E-state index >= 15 is 0 Å². The summed E-state index contributed by atoms with van der Waals surface area (Å²) >= 11 is 0. The molecule has 0 radical (unpaired) electrons. The molecule has 0 aliphatic carbocycles. The second-order valence-electron chi connectivity index (χ2n) is 6.24. The van der Waals surface area contributed by atoms with Crippen LogP contribution in [0.4, 0.5) is 11.4 Å². The van der Waals surface area contributed by atoms with Crippen LogP contribution in [0.15, 0.2) is 66.9 Å². The van der Waals surface area contributed by atoms with Gasteiger partial charge in [-0.1, -0.05) is 55.0 Å². The maximum absolute atomic E-state index is 12.3. The molecule has 2 aromatic carbocycles. The zero-order valence-corrected chi connectivity index (χ0v) is 15.1. The molecule has 0 aliphatic rings. The molecule has 0 atom stereocenters. The molecule has 26 heavy (non-hydrogen) atoms. The van der Waals surface area contributed by atoms with Gasteiger partial charge >= 0.3 is 0 Å². The van der Waals surface area contributed by atoms with Crippen LogP contribution in [-0.4, -0.2) is 10.9 Å². The van der Waals surface area contributed by atoms with Gasteiger partial charge in [0.05, 0.1) is 11.9 Å². The number of rotatable bonds is 6. The lowest BCUT2D eigenvalue weighted by Crippen LogP contribution is -2.23. The number of anilines is 2. The van der Waals surface area contributed by atoms with Crippen LogP contribution in [0.2, 0.25) is 0 Å². The first-order valence-corrected chi connectivity index (χ1v) is 8.80. The van der Waals surface area contributed by atoms with Crippen LogP contribution >= 0.6 is 0 Å². The van der Waals surface area contributed by atoms with Gasteiger partial charge < -0.3 is 10.6 Å². The highest BCUT2D eigenvalue weighted by Gasteiger charge is 2.07. The number of hydrogen-bond donors (Lipinski definition) is 2. The number of aryl methyl sites for hydroxylation is 2. The number of pyridine rings is 1. The number of carbonyl (C=O) groups is 1. The van der Waals surface area contributed by atoms with E-state index in [0.717, 1.165) is 23.4 Å². The highest BCUT2D eigenvalue weighted by atomic mass is 16.1. The van der Waals surface area contributed by atoms with Gasteiger partial charge in [-0.2, -0.15) is 0 Å². The number of nitrogens with one attached hydrogen (secondary N) is 2. The van der Waals surface area contributed by atoms with Gasteiger partial charge in [0.1, 0.15) is 5.69 Å². The lowest BCUT2D eigenvalue weighted by molar-refractivity contribution is 0.0946. The molecule has 1 aromatic heterocycles. The number of nitrogens with zero attached hydrogens (tertiary/aromatic N) is 1. The standard InChI is InChI=1S/C22H23N3O/c1-3-18-6-4-5-7-20(18)25-19-12-13-21(23-15-19)22(26)24-14-17-10-8-16(2)9-11-17/h4-13,15,25H,3,14H2,1-2H3,(H,24,26).